The highest BCUT2D eigenvalue weighted by molar-refractivity contribution is 6.22. The number of imide groups is 1. The molecule has 2 amide bonds. The largest absolute Gasteiger partial charge is 0.497 e. The number of anilines is 1. The molecule has 0 N–H and O–H groups in total. The highest BCUT2D eigenvalue weighted by Crippen LogP contribution is 2.38. The van der Waals surface area contributed by atoms with Crippen molar-refractivity contribution >= 4 is 17.5 Å². The van der Waals surface area contributed by atoms with Crippen molar-refractivity contribution in [3.63, 3.8) is 0 Å². The number of hydrogen-bond donors (Lipinski definition) is 0. The van der Waals surface area contributed by atoms with E-state index in [1.54, 1.807) is 31.4 Å². The first kappa shape index (κ1) is 12.0. The van der Waals surface area contributed by atoms with Crippen LogP contribution in [0.5, 0.6) is 5.75 Å². The van der Waals surface area contributed by atoms with Crippen molar-refractivity contribution in [1.82, 2.24) is 0 Å². The molecule has 0 radical (unpaired) electrons. The summed E-state index contributed by atoms with van der Waals surface area (Å²) in [6.07, 6.45) is 5.30. The van der Waals surface area contributed by atoms with Gasteiger partial charge in [-0.05, 0) is 25.0 Å². The van der Waals surface area contributed by atoms with Crippen molar-refractivity contribution in [2.75, 3.05) is 12.0 Å². The van der Waals surface area contributed by atoms with Gasteiger partial charge < -0.3 is 4.74 Å². The molecule has 0 bridgehead atoms. The molecule has 4 heteroatoms. The predicted molar refractivity (Wildman–Crippen MR) is 70.8 cm³/mol. The Balaban J connectivity index is 1.97. The fourth-order valence-corrected chi connectivity index (χ4v) is 2.80. The summed E-state index contributed by atoms with van der Waals surface area (Å²) in [5, 5.41) is 0. The Morgan fingerprint density at radius 2 is 1.74 bits per heavy atom. The third kappa shape index (κ3) is 1.84. The van der Waals surface area contributed by atoms with Crippen LogP contribution in [-0.4, -0.2) is 18.9 Å². The number of ether oxygens (including phenoxy) is 1. The third-order valence-corrected chi connectivity index (χ3v) is 3.82. The second kappa shape index (κ2) is 4.53. The highest BCUT2D eigenvalue weighted by Gasteiger charge is 2.47. The molecule has 0 spiro atoms. The van der Waals surface area contributed by atoms with Gasteiger partial charge in [-0.15, -0.1) is 0 Å². The number of carbonyl (C=O) groups is 2. The van der Waals surface area contributed by atoms with Crippen molar-refractivity contribution in [1.29, 1.82) is 0 Å². The summed E-state index contributed by atoms with van der Waals surface area (Å²) < 4.78 is 5.14. The molecule has 1 fully saturated rings. The lowest BCUT2D eigenvalue weighted by molar-refractivity contribution is -0.122. The van der Waals surface area contributed by atoms with E-state index in [1.807, 2.05) is 12.2 Å². The summed E-state index contributed by atoms with van der Waals surface area (Å²) in [5.74, 6) is 0.0821. The second-order valence-electron chi connectivity index (χ2n) is 4.87. The smallest absolute Gasteiger partial charge is 0.238 e. The number of rotatable bonds is 2. The minimum atomic E-state index is -0.191. The minimum Gasteiger partial charge on any atom is -0.497 e. The number of carbonyl (C=O) groups excluding carboxylic acids is 2. The summed E-state index contributed by atoms with van der Waals surface area (Å²) >= 11 is 0. The first-order valence-electron chi connectivity index (χ1n) is 6.39. The maximum Gasteiger partial charge on any atom is 0.238 e. The molecular formula is C15H15NO3. The lowest BCUT2D eigenvalue weighted by Crippen LogP contribution is -2.30. The van der Waals surface area contributed by atoms with Gasteiger partial charge >= 0.3 is 0 Å². The van der Waals surface area contributed by atoms with E-state index in [9.17, 15) is 9.59 Å². The van der Waals surface area contributed by atoms with E-state index in [0.29, 0.717) is 24.3 Å². The van der Waals surface area contributed by atoms with Gasteiger partial charge in [0.05, 0.1) is 24.6 Å². The fraction of sp³-hybridized carbons (Fsp3) is 0.333. The molecule has 19 heavy (non-hydrogen) atoms. The average Bonchev–Trinajstić information content (AvgIpc) is 2.72. The molecule has 2 atom stereocenters. The summed E-state index contributed by atoms with van der Waals surface area (Å²) in [7, 11) is 1.57. The number of methoxy groups -OCH3 is 1. The van der Waals surface area contributed by atoms with Crippen LogP contribution in [0.25, 0.3) is 0 Å². The van der Waals surface area contributed by atoms with Gasteiger partial charge in [-0.25, -0.2) is 4.90 Å². The quantitative estimate of drug-likeness (QED) is 0.602. The Labute approximate surface area is 111 Å². The molecule has 1 heterocycles. The van der Waals surface area contributed by atoms with Gasteiger partial charge in [0.1, 0.15) is 5.75 Å². The van der Waals surface area contributed by atoms with Gasteiger partial charge in [0.25, 0.3) is 0 Å². The zero-order valence-electron chi connectivity index (χ0n) is 10.7. The van der Waals surface area contributed by atoms with Gasteiger partial charge in [0.15, 0.2) is 0 Å². The average molecular weight is 257 g/mol. The molecule has 1 saturated heterocycles. The van der Waals surface area contributed by atoms with Gasteiger partial charge in [0, 0.05) is 6.07 Å². The van der Waals surface area contributed by atoms with Crippen LogP contribution in [0.2, 0.25) is 0 Å². The third-order valence-electron chi connectivity index (χ3n) is 3.82. The maximum absolute atomic E-state index is 12.4. The molecule has 2 unspecified atom stereocenters. The number of allylic oxidation sites excluding steroid dienone is 2. The van der Waals surface area contributed by atoms with E-state index in [-0.39, 0.29) is 23.7 Å². The Bertz CT molecular complexity index is 538. The molecule has 1 aliphatic heterocycles. The summed E-state index contributed by atoms with van der Waals surface area (Å²) in [5.41, 5.74) is 0.601. The molecule has 0 aromatic heterocycles. The van der Waals surface area contributed by atoms with Crippen molar-refractivity contribution in [3.8, 4) is 5.75 Å². The molecular weight excluding hydrogens is 242 g/mol. The van der Waals surface area contributed by atoms with Gasteiger partial charge in [0.2, 0.25) is 11.8 Å². The van der Waals surface area contributed by atoms with Crippen LogP contribution in [0.15, 0.2) is 36.4 Å². The molecule has 1 aromatic carbocycles. The van der Waals surface area contributed by atoms with Crippen LogP contribution in [0.3, 0.4) is 0 Å². The van der Waals surface area contributed by atoms with E-state index < -0.39 is 0 Å². The van der Waals surface area contributed by atoms with E-state index in [1.165, 1.54) is 4.90 Å². The molecule has 4 nitrogen and oxygen atoms in total. The molecule has 3 rings (SSSR count). The van der Waals surface area contributed by atoms with Crippen LogP contribution in [0.4, 0.5) is 5.69 Å². The first-order chi connectivity index (χ1) is 9.22. The van der Waals surface area contributed by atoms with E-state index in [0.717, 1.165) is 0 Å². The monoisotopic (exact) mass is 257 g/mol. The summed E-state index contributed by atoms with van der Waals surface area (Å²) in [6.45, 7) is 0. The van der Waals surface area contributed by atoms with Crippen LogP contribution >= 0.6 is 0 Å². The zero-order valence-corrected chi connectivity index (χ0v) is 10.7. The summed E-state index contributed by atoms with van der Waals surface area (Å²) in [6, 6.07) is 7.07. The Kier molecular flexibility index (Phi) is 2.85. The van der Waals surface area contributed by atoms with Gasteiger partial charge in [-0.1, -0.05) is 18.2 Å². The van der Waals surface area contributed by atoms with Crippen LogP contribution in [-0.2, 0) is 9.59 Å². The van der Waals surface area contributed by atoms with Gasteiger partial charge in [-0.3, -0.25) is 9.59 Å². The van der Waals surface area contributed by atoms with E-state index in [2.05, 4.69) is 0 Å². The fourth-order valence-electron chi connectivity index (χ4n) is 2.80. The first-order valence-corrected chi connectivity index (χ1v) is 6.39. The van der Waals surface area contributed by atoms with Crippen LogP contribution in [0, 0.1) is 11.8 Å². The molecule has 1 aromatic rings. The van der Waals surface area contributed by atoms with Crippen molar-refractivity contribution in [2.45, 2.75) is 12.8 Å². The molecule has 0 saturated carbocycles. The molecule has 98 valence electrons. The standard InChI is InChI=1S/C15H15NO3/c1-19-11-6-4-5-10(9-11)16-14(17)12-7-2-3-8-13(12)15(16)18/h2-6,9,12-13H,7-8H2,1H3. The predicted octanol–water partition coefficient (Wildman–Crippen LogP) is 2.15. The SMILES string of the molecule is COc1cccc(N2C(=O)C3CC=CCC3C2=O)c1. The molecule has 1 aliphatic carbocycles. The second-order valence-corrected chi connectivity index (χ2v) is 4.87. The maximum atomic E-state index is 12.4. The van der Waals surface area contributed by atoms with Gasteiger partial charge in [-0.2, -0.15) is 0 Å². The molecule has 2 aliphatic rings. The topological polar surface area (TPSA) is 46.6 Å². The zero-order chi connectivity index (χ0) is 13.4. The number of benzene rings is 1. The number of amides is 2. The van der Waals surface area contributed by atoms with Crippen molar-refractivity contribution < 1.29 is 14.3 Å². The van der Waals surface area contributed by atoms with Crippen LogP contribution in [0.1, 0.15) is 12.8 Å². The lowest BCUT2D eigenvalue weighted by atomic mass is 9.85. The highest BCUT2D eigenvalue weighted by atomic mass is 16.5. The normalized spacial score (nSPS) is 25.6. The Morgan fingerprint density at radius 3 is 2.32 bits per heavy atom. The number of nitrogens with zero attached hydrogens (tertiary/aromatic N) is 1. The number of hydrogen-bond acceptors (Lipinski definition) is 3. The minimum absolute atomic E-state index is 0.0902. The van der Waals surface area contributed by atoms with Crippen molar-refractivity contribution in [2.24, 2.45) is 11.8 Å². The van der Waals surface area contributed by atoms with Crippen molar-refractivity contribution in [3.05, 3.63) is 36.4 Å². The number of fused-ring (bicyclic) bond motifs is 1. The Morgan fingerprint density at radius 1 is 1.11 bits per heavy atom. The van der Waals surface area contributed by atoms with E-state index in [4.69, 9.17) is 4.74 Å². The van der Waals surface area contributed by atoms with E-state index >= 15 is 0 Å². The van der Waals surface area contributed by atoms with Crippen LogP contribution < -0.4 is 9.64 Å². The Hall–Kier alpha value is -2.10. The lowest BCUT2D eigenvalue weighted by Gasteiger charge is -2.15. The summed E-state index contributed by atoms with van der Waals surface area (Å²) in [4.78, 5) is 26.1.